The third kappa shape index (κ3) is 3.92. The van der Waals surface area contributed by atoms with Gasteiger partial charge in [0.15, 0.2) is 5.16 Å². The minimum absolute atomic E-state index is 0.0165. The molecular formula is C20H21N3O2S. The van der Waals surface area contributed by atoms with Crippen LogP contribution in [0.4, 0.5) is 0 Å². The Morgan fingerprint density at radius 2 is 2.04 bits per heavy atom. The second kappa shape index (κ2) is 7.93. The van der Waals surface area contributed by atoms with Gasteiger partial charge in [0.05, 0.1) is 17.1 Å². The first-order valence-electron chi connectivity index (χ1n) is 8.85. The minimum Gasteiger partial charge on any atom is -0.376 e. The van der Waals surface area contributed by atoms with Crippen LogP contribution in [0.3, 0.4) is 0 Å². The summed E-state index contributed by atoms with van der Waals surface area (Å²) in [6.07, 6.45) is 2.20. The van der Waals surface area contributed by atoms with Gasteiger partial charge in [-0.1, -0.05) is 54.2 Å². The number of thioether (sulfide) groups is 1. The van der Waals surface area contributed by atoms with E-state index in [0.29, 0.717) is 6.54 Å². The van der Waals surface area contributed by atoms with Crippen molar-refractivity contribution in [3.63, 3.8) is 0 Å². The Morgan fingerprint density at radius 3 is 2.81 bits per heavy atom. The number of rotatable bonds is 6. The topological polar surface area (TPSA) is 67.0 Å². The lowest BCUT2D eigenvalue weighted by Gasteiger charge is -2.17. The summed E-state index contributed by atoms with van der Waals surface area (Å²) in [6, 6.07) is 17.7. The summed E-state index contributed by atoms with van der Waals surface area (Å²) < 4.78 is 5.61. The van der Waals surface area contributed by atoms with Gasteiger partial charge in [0.25, 0.3) is 0 Å². The largest absolute Gasteiger partial charge is 0.376 e. The Morgan fingerprint density at radius 1 is 1.23 bits per heavy atom. The normalized spacial score (nSPS) is 18.1. The minimum atomic E-state index is -0.363. The molecule has 26 heavy (non-hydrogen) atoms. The number of carbonyl (C=O) groups excluding carboxylic acids is 1. The third-order valence-electron chi connectivity index (χ3n) is 4.47. The Kier molecular flexibility index (Phi) is 5.22. The van der Waals surface area contributed by atoms with Crippen molar-refractivity contribution in [3.8, 4) is 0 Å². The first kappa shape index (κ1) is 17.1. The van der Waals surface area contributed by atoms with Crippen LogP contribution in [0.1, 0.15) is 23.7 Å². The number of aromatic nitrogens is 2. The molecule has 2 N–H and O–H groups in total. The maximum absolute atomic E-state index is 12.9. The molecule has 134 valence electrons. The molecule has 0 radical (unpaired) electrons. The number of amides is 1. The highest BCUT2D eigenvalue weighted by molar-refractivity contribution is 8.00. The van der Waals surface area contributed by atoms with Crippen LogP contribution < -0.4 is 5.32 Å². The number of nitrogens with one attached hydrogen (secondary N) is 2. The summed E-state index contributed by atoms with van der Waals surface area (Å²) in [5, 5.41) is 3.43. The van der Waals surface area contributed by atoms with Crippen molar-refractivity contribution in [3.05, 3.63) is 60.2 Å². The van der Waals surface area contributed by atoms with E-state index in [9.17, 15) is 4.79 Å². The predicted octanol–water partition coefficient (Wildman–Crippen LogP) is 3.69. The van der Waals surface area contributed by atoms with E-state index >= 15 is 0 Å². The van der Waals surface area contributed by atoms with Gasteiger partial charge in [-0.25, -0.2) is 4.98 Å². The number of hydrogen-bond donors (Lipinski definition) is 2. The Labute approximate surface area is 156 Å². The van der Waals surface area contributed by atoms with Crippen LogP contribution in [0.2, 0.25) is 0 Å². The van der Waals surface area contributed by atoms with E-state index in [1.54, 1.807) is 0 Å². The van der Waals surface area contributed by atoms with E-state index in [1.807, 2.05) is 54.6 Å². The van der Waals surface area contributed by atoms with Gasteiger partial charge in [-0.2, -0.15) is 0 Å². The summed E-state index contributed by atoms with van der Waals surface area (Å²) in [4.78, 5) is 20.8. The molecule has 2 aromatic carbocycles. The van der Waals surface area contributed by atoms with Crippen molar-refractivity contribution in [1.29, 1.82) is 0 Å². The van der Waals surface area contributed by atoms with Crippen LogP contribution in [-0.2, 0) is 9.53 Å². The molecule has 1 amide bonds. The molecule has 0 spiro atoms. The lowest BCUT2D eigenvalue weighted by atomic mass is 10.1. The fourth-order valence-electron chi connectivity index (χ4n) is 3.11. The zero-order valence-electron chi connectivity index (χ0n) is 14.4. The Bertz CT molecular complexity index is 842. The Balaban J connectivity index is 1.53. The second-order valence-electron chi connectivity index (χ2n) is 6.35. The van der Waals surface area contributed by atoms with Gasteiger partial charge >= 0.3 is 0 Å². The van der Waals surface area contributed by atoms with Crippen LogP contribution in [0, 0.1) is 0 Å². The van der Waals surface area contributed by atoms with Gasteiger partial charge in [-0.05, 0) is 30.5 Å². The molecule has 1 saturated heterocycles. The maximum Gasteiger partial charge on any atom is 0.238 e. The zero-order valence-corrected chi connectivity index (χ0v) is 15.2. The molecule has 2 heterocycles. The molecule has 0 unspecified atom stereocenters. The molecule has 0 aliphatic carbocycles. The average Bonchev–Trinajstić information content (AvgIpc) is 3.34. The highest BCUT2D eigenvalue weighted by Gasteiger charge is 2.25. The highest BCUT2D eigenvalue weighted by Crippen LogP contribution is 2.34. The van der Waals surface area contributed by atoms with Gasteiger partial charge in [-0.15, -0.1) is 0 Å². The fourth-order valence-corrected chi connectivity index (χ4v) is 4.14. The van der Waals surface area contributed by atoms with Crippen LogP contribution in [0.25, 0.3) is 11.0 Å². The first-order valence-corrected chi connectivity index (χ1v) is 9.73. The molecule has 0 saturated carbocycles. The molecule has 4 rings (SSSR count). The number of aromatic amines is 1. The SMILES string of the molecule is O=C(NC[C@H]1CCCO1)[C@H](Sc1nc2ccccc2[nH]1)c1ccccc1. The lowest BCUT2D eigenvalue weighted by Crippen LogP contribution is -2.34. The van der Waals surface area contributed by atoms with E-state index in [2.05, 4.69) is 15.3 Å². The number of fused-ring (bicyclic) bond motifs is 1. The van der Waals surface area contributed by atoms with Crippen molar-refractivity contribution in [1.82, 2.24) is 15.3 Å². The molecular weight excluding hydrogens is 346 g/mol. The summed E-state index contributed by atoms with van der Waals surface area (Å²) in [7, 11) is 0. The molecule has 1 aliphatic heterocycles. The number of benzene rings is 2. The van der Waals surface area contributed by atoms with Crippen LogP contribution >= 0.6 is 11.8 Å². The number of para-hydroxylation sites is 2. The quantitative estimate of drug-likeness (QED) is 0.652. The number of H-pyrrole nitrogens is 1. The number of hydrogen-bond acceptors (Lipinski definition) is 4. The van der Waals surface area contributed by atoms with Gasteiger partial charge in [0.1, 0.15) is 5.25 Å². The van der Waals surface area contributed by atoms with Gasteiger partial charge in [0.2, 0.25) is 5.91 Å². The predicted molar refractivity (Wildman–Crippen MR) is 103 cm³/mol. The van der Waals surface area contributed by atoms with Crippen molar-refractivity contribution in [2.45, 2.75) is 29.4 Å². The van der Waals surface area contributed by atoms with Crippen LogP contribution in [-0.4, -0.2) is 35.1 Å². The van der Waals surface area contributed by atoms with Crippen molar-refractivity contribution in [2.24, 2.45) is 0 Å². The number of carbonyl (C=O) groups is 1. The van der Waals surface area contributed by atoms with E-state index in [-0.39, 0.29) is 17.3 Å². The summed E-state index contributed by atoms with van der Waals surface area (Å²) >= 11 is 1.44. The van der Waals surface area contributed by atoms with Gasteiger partial charge < -0.3 is 15.0 Å². The monoisotopic (exact) mass is 367 g/mol. The number of nitrogens with zero attached hydrogens (tertiary/aromatic N) is 1. The van der Waals surface area contributed by atoms with Gasteiger partial charge in [-0.3, -0.25) is 4.79 Å². The highest BCUT2D eigenvalue weighted by atomic mass is 32.2. The van der Waals surface area contributed by atoms with Crippen molar-refractivity contribution in [2.75, 3.05) is 13.2 Å². The summed E-state index contributed by atoms with van der Waals surface area (Å²) in [5.41, 5.74) is 2.84. The standard InChI is InChI=1S/C20H21N3O2S/c24-19(21-13-15-9-6-12-25-15)18(14-7-2-1-3-8-14)26-20-22-16-10-4-5-11-17(16)23-20/h1-5,7-8,10-11,15,18H,6,9,12-13H2,(H,21,24)(H,22,23)/t15-,18-/m1/s1. The lowest BCUT2D eigenvalue weighted by molar-refractivity contribution is -0.121. The van der Waals surface area contributed by atoms with E-state index in [4.69, 9.17) is 4.74 Å². The molecule has 0 bridgehead atoms. The van der Waals surface area contributed by atoms with E-state index in [0.717, 1.165) is 41.2 Å². The molecule has 3 aromatic rings. The molecule has 5 nitrogen and oxygen atoms in total. The average molecular weight is 367 g/mol. The molecule has 1 aliphatic rings. The summed E-state index contributed by atoms with van der Waals surface area (Å²) in [5.74, 6) is -0.0165. The maximum atomic E-state index is 12.9. The third-order valence-corrected chi connectivity index (χ3v) is 5.60. The van der Waals surface area contributed by atoms with E-state index in [1.165, 1.54) is 11.8 Å². The molecule has 1 fully saturated rings. The number of ether oxygens (including phenoxy) is 1. The van der Waals surface area contributed by atoms with E-state index < -0.39 is 0 Å². The zero-order chi connectivity index (χ0) is 17.8. The summed E-state index contributed by atoms with van der Waals surface area (Å²) in [6.45, 7) is 1.35. The number of imidazole rings is 1. The molecule has 6 heteroatoms. The van der Waals surface area contributed by atoms with Crippen LogP contribution in [0.15, 0.2) is 59.8 Å². The van der Waals surface area contributed by atoms with Crippen molar-refractivity contribution < 1.29 is 9.53 Å². The van der Waals surface area contributed by atoms with Gasteiger partial charge in [0, 0.05) is 13.2 Å². The molecule has 1 aromatic heterocycles. The first-order chi connectivity index (χ1) is 12.8. The van der Waals surface area contributed by atoms with Crippen molar-refractivity contribution >= 4 is 28.7 Å². The Hall–Kier alpha value is -2.31. The van der Waals surface area contributed by atoms with Crippen LogP contribution in [0.5, 0.6) is 0 Å². The fraction of sp³-hybridized carbons (Fsp3) is 0.300. The smallest absolute Gasteiger partial charge is 0.238 e. The second-order valence-corrected chi connectivity index (χ2v) is 7.44. The molecule has 2 atom stereocenters.